The summed E-state index contributed by atoms with van der Waals surface area (Å²) in [7, 11) is 0. The first-order valence-electron chi connectivity index (χ1n) is 6.80. The van der Waals surface area contributed by atoms with Crippen LogP contribution in [0.2, 0.25) is 0 Å². The SMILES string of the molecule is ClCC1CCCCC1CNCc1cccc(Br)c1. The molecule has 1 aliphatic rings. The van der Waals surface area contributed by atoms with Gasteiger partial charge in [0.25, 0.3) is 0 Å². The highest BCUT2D eigenvalue weighted by Gasteiger charge is 2.23. The van der Waals surface area contributed by atoms with Gasteiger partial charge in [0.05, 0.1) is 0 Å². The van der Waals surface area contributed by atoms with Crippen molar-refractivity contribution in [3.63, 3.8) is 0 Å². The molecule has 1 nitrogen and oxygen atoms in total. The topological polar surface area (TPSA) is 12.0 Å². The summed E-state index contributed by atoms with van der Waals surface area (Å²) in [6.45, 7) is 2.05. The largest absolute Gasteiger partial charge is 0.312 e. The molecule has 0 saturated heterocycles. The van der Waals surface area contributed by atoms with Crippen LogP contribution in [0.25, 0.3) is 0 Å². The van der Waals surface area contributed by atoms with Crippen LogP contribution in [0.5, 0.6) is 0 Å². The fourth-order valence-corrected chi connectivity index (χ4v) is 3.66. The van der Waals surface area contributed by atoms with Gasteiger partial charge in [0.15, 0.2) is 0 Å². The van der Waals surface area contributed by atoms with E-state index in [4.69, 9.17) is 11.6 Å². The highest BCUT2D eigenvalue weighted by atomic mass is 79.9. The van der Waals surface area contributed by atoms with Crippen LogP contribution in [0.4, 0.5) is 0 Å². The lowest BCUT2D eigenvalue weighted by atomic mass is 9.80. The van der Waals surface area contributed by atoms with Gasteiger partial charge in [0.2, 0.25) is 0 Å². The zero-order chi connectivity index (χ0) is 12.8. The van der Waals surface area contributed by atoms with Crippen molar-refractivity contribution in [2.24, 2.45) is 11.8 Å². The summed E-state index contributed by atoms with van der Waals surface area (Å²) in [5.74, 6) is 2.31. The Morgan fingerprint density at radius 3 is 2.72 bits per heavy atom. The number of benzene rings is 1. The fraction of sp³-hybridized carbons (Fsp3) is 0.600. The Kier molecular flexibility index (Phi) is 6.00. The maximum absolute atomic E-state index is 6.06. The number of hydrogen-bond acceptors (Lipinski definition) is 1. The second-order valence-corrected chi connectivity index (χ2v) is 6.44. The molecule has 3 heteroatoms. The minimum atomic E-state index is 0.718. The Hall–Kier alpha value is -0.0500. The van der Waals surface area contributed by atoms with E-state index in [9.17, 15) is 0 Å². The van der Waals surface area contributed by atoms with E-state index in [1.165, 1.54) is 31.2 Å². The fourth-order valence-electron chi connectivity index (χ4n) is 2.81. The summed E-state index contributed by atoms with van der Waals surface area (Å²) in [5, 5.41) is 3.58. The molecule has 0 aliphatic heterocycles. The second kappa shape index (κ2) is 7.52. The number of alkyl halides is 1. The van der Waals surface area contributed by atoms with Crippen molar-refractivity contribution in [1.29, 1.82) is 0 Å². The Balaban J connectivity index is 1.77. The predicted octanol–water partition coefficient (Wildman–Crippen LogP) is 4.58. The average molecular weight is 331 g/mol. The molecule has 1 fully saturated rings. The third kappa shape index (κ3) is 4.25. The van der Waals surface area contributed by atoms with Gasteiger partial charge in [-0.05, 0) is 48.9 Å². The van der Waals surface area contributed by atoms with Crippen molar-refractivity contribution < 1.29 is 0 Å². The van der Waals surface area contributed by atoms with Gasteiger partial charge in [0.1, 0.15) is 0 Å². The molecule has 18 heavy (non-hydrogen) atoms. The molecule has 1 aliphatic carbocycles. The van der Waals surface area contributed by atoms with Crippen molar-refractivity contribution in [2.45, 2.75) is 32.2 Å². The van der Waals surface area contributed by atoms with E-state index in [-0.39, 0.29) is 0 Å². The van der Waals surface area contributed by atoms with Crippen molar-refractivity contribution in [1.82, 2.24) is 5.32 Å². The monoisotopic (exact) mass is 329 g/mol. The first-order valence-corrected chi connectivity index (χ1v) is 8.13. The van der Waals surface area contributed by atoms with Crippen LogP contribution >= 0.6 is 27.5 Å². The summed E-state index contributed by atoms with van der Waals surface area (Å²) in [6, 6.07) is 8.49. The smallest absolute Gasteiger partial charge is 0.0254 e. The van der Waals surface area contributed by atoms with E-state index in [1.807, 2.05) is 0 Å². The molecule has 0 spiro atoms. The van der Waals surface area contributed by atoms with Crippen LogP contribution in [0.1, 0.15) is 31.2 Å². The quantitative estimate of drug-likeness (QED) is 0.779. The van der Waals surface area contributed by atoms with Crippen molar-refractivity contribution in [2.75, 3.05) is 12.4 Å². The molecular weight excluding hydrogens is 310 g/mol. The zero-order valence-corrected chi connectivity index (χ0v) is 13.0. The highest BCUT2D eigenvalue weighted by molar-refractivity contribution is 9.10. The van der Waals surface area contributed by atoms with E-state index in [0.717, 1.165) is 35.3 Å². The van der Waals surface area contributed by atoms with Crippen LogP contribution in [-0.4, -0.2) is 12.4 Å². The Labute approximate surface area is 123 Å². The van der Waals surface area contributed by atoms with Gasteiger partial charge in [-0.3, -0.25) is 0 Å². The van der Waals surface area contributed by atoms with Crippen LogP contribution in [0, 0.1) is 11.8 Å². The summed E-state index contributed by atoms with van der Waals surface area (Å²) < 4.78 is 1.15. The molecule has 1 saturated carbocycles. The number of halogens is 2. The Morgan fingerprint density at radius 2 is 2.00 bits per heavy atom. The lowest BCUT2D eigenvalue weighted by molar-refractivity contribution is 0.250. The van der Waals surface area contributed by atoms with E-state index in [0.29, 0.717) is 0 Å². The van der Waals surface area contributed by atoms with Gasteiger partial charge in [-0.2, -0.15) is 0 Å². The minimum absolute atomic E-state index is 0.718. The van der Waals surface area contributed by atoms with E-state index in [2.05, 4.69) is 45.5 Å². The van der Waals surface area contributed by atoms with E-state index >= 15 is 0 Å². The molecule has 0 radical (unpaired) electrons. The molecule has 0 amide bonds. The van der Waals surface area contributed by atoms with Crippen LogP contribution < -0.4 is 5.32 Å². The molecule has 2 atom stereocenters. The van der Waals surface area contributed by atoms with Crippen molar-refractivity contribution in [3.8, 4) is 0 Å². The Bertz CT molecular complexity index is 369. The lowest BCUT2D eigenvalue weighted by Gasteiger charge is -2.30. The number of hydrogen-bond donors (Lipinski definition) is 1. The Morgan fingerprint density at radius 1 is 1.22 bits per heavy atom. The lowest BCUT2D eigenvalue weighted by Crippen LogP contribution is -2.31. The van der Waals surface area contributed by atoms with E-state index < -0.39 is 0 Å². The van der Waals surface area contributed by atoms with Crippen LogP contribution in [-0.2, 0) is 6.54 Å². The third-order valence-corrected chi connectivity index (χ3v) is 4.78. The van der Waals surface area contributed by atoms with Gasteiger partial charge < -0.3 is 5.32 Å². The second-order valence-electron chi connectivity index (χ2n) is 5.22. The molecule has 2 rings (SSSR count). The molecule has 1 N–H and O–H groups in total. The maximum Gasteiger partial charge on any atom is 0.0254 e. The van der Waals surface area contributed by atoms with E-state index in [1.54, 1.807) is 0 Å². The first kappa shape index (κ1) is 14.4. The van der Waals surface area contributed by atoms with Crippen LogP contribution in [0.15, 0.2) is 28.7 Å². The molecule has 0 heterocycles. The summed E-state index contributed by atoms with van der Waals surface area (Å²) in [5.41, 5.74) is 1.34. The van der Waals surface area contributed by atoms with Gasteiger partial charge in [-0.1, -0.05) is 40.9 Å². The summed E-state index contributed by atoms with van der Waals surface area (Å²) in [6.07, 6.45) is 5.38. The minimum Gasteiger partial charge on any atom is -0.312 e. The van der Waals surface area contributed by atoms with Gasteiger partial charge in [-0.15, -0.1) is 11.6 Å². The predicted molar refractivity (Wildman–Crippen MR) is 82.0 cm³/mol. The number of nitrogens with one attached hydrogen (secondary N) is 1. The molecule has 0 bridgehead atoms. The third-order valence-electron chi connectivity index (χ3n) is 3.89. The van der Waals surface area contributed by atoms with Gasteiger partial charge >= 0.3 is 0 Å². The molecule has 1 aromatic rings. The summed E-state index contributed by atoms with van der Waals surface area (Å²) >= 11 is 9.56. The molecule has 0 aromatic heterocycles. The normalized spacial score (nSPS) is 24.1. The highest BCUT2D eigenvalue weighted by Crippen LogP contribution is 2.30. The average Bonchev–Trinajstić information content (AvgIpc) is 2.39. The van der Waals surface area contributed by atoms with Crippen LogP contribution in [0.3, 0.4) is 0 Å². The van der Waals surface area contributed by atoms with Crippen molar-refractivity contribution >= 4 is 27.5 Å². The number of rotatable bonds is 5. The maximum atomic E-state index is 6.06. The summed E-state index contributed by atoms with van der Waals surface area (Å²) in [4.78, 5) is 0. The molecular formula is C15H21BrClN. The zero-order valence-electron chi connectivity index (χ0n) is 10.7. The standard InChI is InChI=1S/C15H21BrClN/c16-15-7-3-4-12(8-15)10-18-11-14-6-2-1-5-13(14)9-17/h3-4,7-8,13-14,18H,1-2,5-6,9-11H2. The molecule has 100 valence electrons. The van der Waals surface area contributed by atoms with Gasteiger partial charge in [-0.25, -0.2) is 0 Å². The van der Waals surface area contributed by atoms with Gasteiger partial charge in [0, 0.05) is 16.9 Å². The first-order chi connectivity index (χ1) is 8.79. The van der Waals surface area contributed by atoms with Crippen molar-refractivity contribution in [3.05, 3.63) is 34.3 Å². The molecule has 1 aromatic carbocycles. The molecule has 2 unspecified atom stereocenters.